The third-order valence-corrected chi connectivity index (χ3v) is 3.42. The van der Waals surface area contributed by atoms with E-state index in [-0.39, 0.29) is 11.7 Å². The topological polar surface area (TPSA) is 61.4 Å². The Morgan fingerprint density at radius 2 is 1.95 bits per heavy atom. The number of rotatable bonds is 2. The molecule has 0 saturated heterocycles. The lowest BCUT2D eigenvalue weighted by atomic mass is 10.1. The molecule has 1 aromatic carbocycles. The molecule has 0 aliphatic heterocycles. The molecule has 5 heteroatoms. The Kier molecular flexibility index (Phi) is 4.74. The summed E-state index contributed by atoms with van der Waals surface area (Å²) >= 11 is 0. The highest BCUT2D eigenvalue weighted by Gasteiger charge is 2.23. The third kappa shape index (κ3) is 3.92. The summed E-state index contributed by atoms with van der Waals surface area (Å²) in [7, 11) is 0. The molecule has 4 nitrogen and oxygen atoms in total. The molecule has 1 fully saturated rings. The van der Waals surface area contributed by atoms with E-state index in [0.717, 1.165) is 25.7 Å². The monoisotopic (exact) mass is 266 g/mol. The van der Waals surface area contributed by atoms with Gasteiger partial charge in [-0.1, -0.05) is 31.4 Å². The van der Waals surface area contributed by atoms with E-state index in [2.05, 4.69) is 10.6 Å². The van der Waals surface area contributed by atoms with Crippen molar-refractivity contribution < 1.29 is 14.3 Å². The van der Waals surface area contributed by atoms with E-state index < -0.39 is 18.0 Å². The second-order valence-electron chi connectivity index (χ2n) is 4.89. The van der Waals surface area contributed by atoms with Crippen molar-refractivity contribution in [1.82, 2.24) is 5.32 Å². The number of para-hydroxylation sites is 1. The number of hydrogen-bond donors (Lipinski definition) is 3. The van der Waals surface area contributed by atoms with Crippen LogP contribution in [0.3, 0.4) is 0 Å². The van der Waals surface area contributed by atoms with Crippen molar-refractivity contribution in [3.05, 3.63) is 30.1 Å². The second kappa shape index (κ2) is 6.52. The molecule has 2 unspecified atom stereocenters. The highest BCUT2D eigenvalue weighted by Crippen LogP contribution is 2.18. The molecular weight excluding hydrogens is 247 g/mol. The lowest BCUT2D eigenvalue weighted by Gasteiger charge is -2.22. The van der Waals surface area contributed by atoms with Crippen LogP contribution in [0.25, 0.3) is 0 Å². The first-order chi connectivity index (χ1) is 9.16. The van der Waals surface area contributed by atoms with Gasteiger partial charge in [0.2, 0.25) is 0 Å². The summed E-state index contributed by atoms with van der Waals surface area (Å²) in [6.45, 7) is 0. The Hall–Kier alpha value is -1.62. The standard InChI is InChI=1S/C14H19FN2O2/c15-10-6-4-5-7-11(10)16-14(19)17-12-8-2-1-3-9-13(12)18/h4-7,12-13,18H,1-3,8-9H2,(H2,16,17,19). The minimum absolute atomic E-state index is 0.142. The largest absolute Gasteiger partial charge is 0.391 e. The fraction of sp³-hybridized carbons (Fsp3) is 0.500. The smallest absolute Gasteiger partial charge is 0.319 e. The number of hydrogen-bond acceptors (Lipinski definition) is 2. The van der Waals surface area contributed by atoms with Crippen LogP contribution in [0.4, 0.5) is 14.9 Å². The summed E-state index contributed by atoms with van der Waals surface area (Å²) in [4.78, 5) is 11.8. The molecule has 1 saturated carbocycles. The maximum Gasteiger partial charge on any atom is 0.319 e. The Bertz CT molecular complexity index is 439. The van der Waals surface area contributed by atoms with Crippen LogP contribution in [0.1, 0.15) is 32.1 Å². The fourth-order valence-electron chi connectivity index (χ4n) is 2.35. The minimum Gasteiger partial charge on any atom is -0.391 e. The van der Waals surface area contributed by atoms with Gasteiger partial charge in [-0.05, 0) is 25.0 Å². The Morgan fingerprint density at radius 1 is 1.21 bits per heavy atom. The van der Waals surface area contributed by atoms with Crippen LogP contribution in [-0.4, -0.2) is 23.3 Å². The van der Waals surface area contributed by atoms with Crippen LogP contribution in [0, 0.1) is 5.82 Å². The molecule has 2 amide bonds. The molecule has 1 aromatic rings. The van der Waals surface area contributed by atoms with Gasteiger partial charge in [-0.2, -0.15) is 0 Å². The third-order valence-electron chi connectivity index (χ3n) is 3.42. The molecular formula is C14H19FN2O2. The SMILES string of the molecule is O=C(Nc1ccccc1F)NC1CCCCCC1O. The molecule has 104 valence electrons. The molecule has 0 bridgehead atoms. The molecule has 0 aromatic heterocycles. The van der Waals surface area contributed by atoms with E-state index in [1.807, 2.05) is 0 Å². The van der Waals surface area contributed by atoms with Crippen molar-refractivity contribution >= 4 is 11.7 Å². The fourth-order valence-corrected chi connectivity index (χ4v) is 2.35. The minimum atomic E-state index is -0.520. The van der Waals surface area contributed by atoms with Crippen molar-refractivity contribution in [1.29, 1.82) is 0 Å². The number of urea groups is 1. The summed E-state index contributed by atoms with van der Waals surface area (Å²) < 4.78 is 13.4. The average molecular weight is 266 g/mol. The number of aliphatic hydroxyl groups excluding tert-OH is 1. The van der Waals surface area contributed by atoms with Crippen molar-refractivity contribution in [2.45, 2.75) is 44.2 Å². The number of aliphatic hydroxyl groups is 1. The maximum atomic E-state index is 13.4. The maximum absolute atomic E-state index is 13.4. The number of amides is 2. The summed E-state index contributed by atoms with van der Waals surface area (Å²) in [5.41, 5.74) is 0.142. The molecule has 1 aliphatic carbocycles. The molecule has 2 atom stereocenters. The van der Waals surface area contributed by atoms with Crippen LogP contribution in [0.2, 0.25) is 0 Å². The summed E-state index contributed by atoms with van der Waals surface area (Å²) in [6, 6.07) is 5.27. The predicted molar refractivity (Wildman–Crippen MR) is 71.4 cm³/mol. The summed E-state index contributed by atoms with van der Waals surface area (Å²) in [5, 5.41) is 15.1. The van der Waals surface area contributed by atoms with Gasteiger partial charge in [0.25, 0.3) is 0 Å². The normalized spacial score (nSPS) is 23.5. The quantitative estimate of drug-likeness (QED) is 0.721. The second-order valence-corrected chi connectivity index (χ2v) is 4.89. The molecule has 1 aliphatic rings. The lowest BCUT2D eigenvalue weighted by molar-refractivity contribution is 0.124. The van der Waals surface area contributed by atoms with Crippen LogP contribution in [0.15, 0.2) is 24.3 Å². The van der Waals surface area contributed by atoms with Gasteiger partial charge in [0, 0.05) is 0 Å². The average Bonchev–Trinajstić information content (AvgIpc) is 2.58. The number of carbonyl (C=O) groups is 1. The zero-order chi connectivity index (χ0) is 13.7. The highest BCUT2D eigenvalue weighted by atomic mass is 19.1. The van der Waals surface area contributed by atoms with E-state index >= 15 is 0 Å². The first-order valence-corrected chi connectivity index (χ1v) is 6.67. The van der Waals surface area contributed by atoms with E-state index in [9.17, 15) is 14.3 Å². The van der Waals surface area contributed by atoms with Crippen LogP contribution in [-0.2, 0) is 0 Å². The summed E-state index contributed by atoms with van der Waals surface area (Å²) in [6.07, 6.45) is 3.98. The first-order valence-electron chi connectivity index (χ1n) is 6.67. The number of benzene rings is 1. The van der Waals surface area contributed by atoms with Crippen LogP contribution < -0.4 is 10.6 Å². The van der Waals surface area contributed by atoms with Crippen molar-refractivity contribution in [3.63, 3.8) is 0 Å². The van der Waals surface area contributed by atoms with Gasteiger partial charge >= 0.3 is 6.03 Å². The Labute approximate surface area is 112 Å². The Morgan fingerprint density at radius 3 is 2.74 bits per heavy atom. The number of carbonyl (C=O) groups excluding carboxylic acids is 1. The van der Waals surface area contributed by atoms with Gasteiger partial charge in [0.15, 0.2) is 0 Å². The van der Waals surface area contributed by atoms with E-state index in [0.29, 0.717) is 6.42 Å². The van der Waals surface area contributed by atoms with Crippen LogP contribution in [0.5, 0.6) is 0 Å². The van der Waals surface area contributed by atoms with E-state index in [1.165, 1.54) is 12.1 Å². The zero-order valence-electron chi connectivity index (χ0n) is 10.7. The highest BCUT2D eigenvalue weighted by molar-refractivity contribution is 5.89. The molecule has 0 spiro atoms. The van der Waals surface area contributed by atoms with Gasteiger partial charge in [-0.25, -0.2) is 9.18 Å². The molecule has 19 heavy (non-hydrogen) atoms. The predicted octanol–water partition coefficient (Wildman–Crippen LogP) is 2.64. The van der Waals surface area contributed by atoms with E-state index in [4.69, 9.17) is 0 Å². The number of nitrogens with one attached hydrogen (secondary N) is 2. The van der Waals surface area contributed by atoms with Gasteiger partial charge in [-0.3, -0.25) is 0 Å². The molecule has 2 rings (SSSR count). The Balaban J connectivity index is 1.92. The van der Waals surface area contributed by atoms with Crippen molar-refractivity contribution in [2.24, 2.45) is 0 Å². The van der Waals surface area contributed by atoms with Gasteiger partial charge in [0.05, 0.1) is 17.8 Å². The van der Waals surface area contributed by atoms with Gasteiger partial charge in [0.1, 0.15) is 5.82 Å². The van der Waals surface area contributed by atoms with Crippen LogP contribution >= 0.6 is 0 Å². The van der Waals surface area contributed by atoms with E-state index in [1.54, 1.807) is 12.1 Å². The van der Waals surface area contributed by atoms with Gasteiger partial charge < -0.3 is 15.7 Å². The molecule has 3 N–H and O–H groups in total. The first kappa shape index (κ1) is 13.8. The molecule has 0 heterocycles. The van der Waals surface area contributed by atoms with Gasteiger partial charge in [-0.15, -0.1) is 0 Å². The number of halogens is 1. The van der Waals surface area contributed by atoms with Crippen molar-refractivity contribution in [2.75, 3.05) is 5.32 Å². The number of anilines is 1. The summed E-state index contributed by atoms with van der Waals surface area (Å²) in [5.74, 6) is -0.473. The van der Waals surface area contributed by atoms with Crippen molar-refractivity contribution in [3.8, 4) is 0 Å². The zero-order valence-corrected chi connectivity index (χ0v) is 10.7. The lowest BCUT2D eigenvalue weighted by Crippen LogP contribution is -2.44. The molecule has 0 radical (unpaired) electrons.